The molecule has 0 bridgehead atoms. The summed E-state index contributed by atoms with van der Waals surface area (Å²) in [5.41, 5.74) is 2.75. The third kappa shape index (κ3) is 4.06. The molecule has 0 unspecified atom stereocenters. The molecular weight excluding hydrogens is 306 g/mol. The van der Waals surface area contributed by atoms with Crippen molar-refractivity contribution in [3.8, 4) is 5.75 Å². The molecule has 0 amide bonds. The molecule has 2 rings (SSSR count). The first-order chi connectivity index (χ1) is 10.2. The second-order valence-corrected chi connectivity index (χ2v) is 5.77. The van der Waals surface area contributed by atoms with Gasteiger partial charge in [0.15, 0.2) is 0 Å². The lowest BCUT2D eigenvalue weighted by Crippen LogP contribution is -2.01. The maximum Gasteiger partial charge on any atom is 0.132 e. The number of aliphatic hydroxyl groups excluding tert-OH is 1. The summed E-state index contributed by atoms with van der Waals surface area (Å²) < 4.78 is 5.38. The van der Waals surface area contributed by atoms with Crippen molar-refractivity contribution in [2.24, 2.45) is 0 Å². The van der Waals surface area contributed by atoms with Crippen molar-refractivity contribution in [2.45, 2.75) is 18.0 Å². The Hall–Kier alpha value is -1.36. The van der Waals surface area contributed by atoms with E-state index in [0.29, 0.717) is 11.6 Å². The molecule has 0 saturated carbocycles. The van der Waals surface area contributed by atoms with Crippen LogP contribution in [0.3, 0.4) is 0 Å². The molecule has 112 valence electrons. The molecule has 0 aliphatic rings. The highest BCUT2D eigenvalue weighted by atomic mass is 35.5. The third-order valence-electron chi connectivity index (χ3n) is 3.14. The Morgan fingerprint density at radius 3 is 2.62 bits per heavy atom. The topological polar surface area (TPSA) is 41.5 Å². The molecule has 0 aromatic heterocycles. The van der Waals surface area contributed by atoms with Crippen LogP contribution >= 0.6 is 23.4 Å². The number of anilines is 1. The van der Waals surface area contributed by atoms with E-state index in [0.717, 1.165) is 27.5 Å². The molecule has 0 spiro atoms. The Morgan fingerprint density at radius 1 is 1.19 bits per heavy atom. The minimum Gasteiger partial charge on any atom is -0.496 e. The van der Waals surface area contributed by atoms with E-state index < -0.39 is 0 Å². The molecule has 0 saturated heterocycles. The molecule has 0 aliphatic carbocycles. The number of nitrogens with one attached hydrogen (secondary N) is 1. The molecule has 0 heterocycles. The number of thioether (sulfide) groups is 1. The molecular formula is C16H18ClNO2S. The maximum atomic E-state index is 9.17. The summed E-state index contributed by atoms with van der Waals surface area (Å²) >= 11 is 7.81. The minimum absolute atomic E-state index is 0.00208. The van der Waals surface area contributed by atoms with Crippen LogP contribution in [0.2, 0.25) is 5.02 Å². The van der Waals surface area contributed by atoms with E-state index in [4.69, 9.17) is 16.3 Å². The molecule has 2 N–H and O–H groups in total. The van der Waals surface area contributed by atoms with Gasteiger partial charge in [0.05, 0.1) is 24.4 Å². The third-order valence-corrected chi connectivity index (χ3v) is 4.25. The number of benzene rings is 2. The van der Waals surface area contributed by atoms with Gasteiger partial charge in [0, 0.05) is 11.4 Å². The standard InChI is InChI=1S/C16H18ClNO2S/c1-20-15-8-11(4-6-16(15)21-2)9-18-14-7-12(10-19)3-5-13(14)17/h3-8,18-19H,9-10H2,1-2H3. The van der Waals surface area contributed by atoms with Crippen molar-refractivity contribution in [1.29, 1.82) is 0 Å². The van der Waals surface area contributed by atoms with E-state index in [1.54, 1.807) is 24.9 Å². The van der Waals surface area contributed by atoms with Gasteiger partial charge in [0.1, 0.15) is 5.75 Å². The summed E-state index contributed by atoms with van der Waals surface area (Å²) in [5, 5.41) is 13.1. The summed E-state index contributed by atoms with van der Waals surface area (Å²) in [7, 11) is 1.67. The van der Waals surface area contributed by atoms with Crippen LogP contribution in [-0.2, 0) is 13.2 Å². The van der Waals surface area contributed by atoms with Crippen molar-refractivity contribution >= 4 is 29.1 Å². The number of rotatable bonds is 6. The molecule has 0 atom stereocenters. The van der Waals surface area contributed by atoms with E-state index in [1.807, 2.05) is 30.5 Å². The number of hydrogen-bond acceptors (Lipinski definition) is 4. The first kappa shape index (κ1) is 16.0. The number of ether oxygens (including phenoxy) is 1. The van der Waals surface area contributed by atoms with Crippen molar-refractivity contribution in [1.82, 2.24) is 0 Å². The van der Waals surface area contributed by atoms with Gasteiger partial charge >= 0.3 is 0 Å². The van der Waals surface area contributed by atoms with Gasteiger partial charge < -0.3 is 15.2 Å². The van der Waals surface area contributed by atoms with Gasteiger partial charge in [-0.25, -0.2) is 0 Å². The highest BCUT2D eigenvalue weighted by Gasteiger charge is 2.05. The Labute approximate surface area is 134 Å². The smallest absolute Gasteiger partial charge is 0.132 e. The van der Waals surface area contributed by atoms with Crippen molar-refractivity contribution in [3.63, 3.8) is 0 Å². The van der Waals surface area contributed by atoms with Crippen molar-refractivity contribution in [3.05, 3.63) is 52.5 Å². The SMILES string of the molecule is COc1cc(CNc2cc(CO)ccc2Cl)ccc1SC. The lowest BCUT2D eigenvalue weighted by Gasteiger charge is -2.12. The summed E-state index contributed by atoms with van der Waals surface area (Å²) in [6.07, 6.45) is 2.02. The van der Waals surface area contributed by atoms with Crippen LogP contribution < -0.4 is 10.1 Å². The van der Waals surface area contributed by atoms with Crippen LogP contribution in [0.4, 0.5) is 5.69 Å². The second kappa shape index (κ2) is 7.59. The van der Waals surface area contributed by atoms with E-state index >= 15 is 0 Å². The summed E-state index contributed by atoms with van der Waals surface area (Å²) in [4.78, 5) is 1.11. The average molecular weight is 324 g/mol. The lowest BCUT2D eigenvalue weighted by atomic mass is 10.2. The Bertz CT molecular complexity index is 619. The van der Waals surface area contributed by atoms with Crippen LogP contribution in [0.25, 0.3) is 0 Å². The summed E-state index contributed by atoms with van der Waals surface area (Å²) in [6, 6.07) is 11.6. The molecule has 0 radical (unpaired) electrons. The van der Waals surface area contributed by atoms with E-state index in [2.05, 4.69) is 11.4 Å². The van der Waals surface area contributed by atoms with Crippen LogP contribution in [0.1, 0.15) is 11.1 Å². The predicted molar refractivity (Wildman–Crippen MR) is 89.5 cm³/mol. The van der Waals surface area contributed by atoms with Crippen molar-refractivity contribution < 1.29 is 9.84 Å². The highest BCUT2D eigenvalue weighted by molar-refractivity contribution is 7.98. The summed E-state index contributed by atoms with van der Waals surface area (Å²) in [6.45, 7) is 0.641. The zero-order valence-corrected chi connectivity index (χ0v) is 13.6. The van der Waals surface area contributed by atoms with E-state index in [1.165, 1.54) is 0 Å². The number of halogens is 1. The first-order valence-corrected chi connectivity index (χ1v) is 8.12. The molecule has 2 aromatic rings. The van der Waals surface area contributed by atoms with Gasteiger partial charge in [-0.15, -0.1) is 11.8 Å². The van der Waals surface area contributed by atoms with E-state index in [-0.39, 0.29) is 6.61 Å². The monoisotopic (exact) mass is 323 g/mol. The molecule has 21 heavy (non-hydrogen) atoms. The molecule has 0 fully saturated rings. The summed E-state index contributed by atoms with van der Waals surface area (Å²) in [5.74, 6) is 0.872. The second-order valence-electron chi connectivity index (χ2n) is 4.52. The van der Waals surface area contributed by atoms with Crippen LogP contribution in [0.5, 0.6) is 5.75 Å². The lowest BCUT2D eigenvalue weighted by molar-refractivity contribution is 0.282. The zero-order valence-electron chi connectivity index (χ0n) is 12.0. The van der Waals surface area contributed by atoms with Gasteiger partial charge in [0.25, 0.3) is 0 Å². The zero-order chi connectivity index (χ0) is 15.2. The van der Waals surface area contributed by atoms with Crippen LogP contribution in [0.15, 0.2) is 41.3 Å². The Kier molecular flexibility index (Phi) is 5.79. The van der Waals surface area contributed by atoms with Gasteiger partial charge in [0.2, 0.25) is 0 Å². The Morgan fingerprint density at radius 2 is 1.95 bits per heavy atom. The molecule has 0 aliphatic heterocycles. The fourth-order valence-electron chi connectivity index (χ4n) is 1.99. The van der Waals surface area contributed by atoms with Gasteiger partial charge in [-0.1, -0.05) is 23.7 Å². The molecule has 5 heteroatoms. The van der Waals surface area contributed by atoms with Gasteiger partial charge in [-0.05, 0) is 41.6 Å². The molecule has 2 aromatic carbocycles. The van der Waals surface area contributed by atoms with Crippen LogP contribution in [0, 0.1) is 0 Å². The fraction of sp³-hybridized carbons (Fsp3) is 0.250. The molecule has 3 nitrogen and oxygen atoms in total. The minimum atomic E-state index is 0.00208. The Balaban J connectivity index is 2.13. The largest absolute Gasteiger partial charge is 0.496 e. The van der Waals surface area contributed by atoms with Gasteiger partial charge in [-0.2, -0.15) is 0 Å². The predicted octanol–water partition coefficient (Wildman–Crippen LogP) is 4.17. The normalized spacial score (nSPS) is 10.5. The number of methoxy groups -OCH3 is 1. The number of hydrogen-bond donors (Lipinski definition) is 2. The van der Waals surface area contributed by atoms with Gasteiger partial charge in [-0.3, -0.25) is 0 Å². The fourth-order valence-corrected chi connectivity index (χ4v) is 2.73. The first-order valence-electron chi connectivity index (χ1n) is 6.52. The highest BCUT2D eigenvalue weighted by Crippen LogP contribution is 2.29. The average Bonchev–Trinajstić information content (AvgIpc) is 2.53. The van der Waals surface area contributed by atoms with E-state index in [9.17, 15) is 5.11 Å². The quantitative estimate of drug-likeness (QED) is 0.783. The maximum absolute atomic E-state index is 9.17. The van der Waals surface area contributed by atoms with Crippen LogP contribution in [-0.4, -0.2) is 18.5 Å². The van der Waals surface area contributed by atoms with Crippen molar-refractivity contribution in [2.75, 3.05) is 18.7 Å². The number of aliphatic hydroxyl groups is 1.